The van der Waals surface area contributed by atoms with Crippen molar-refractivity contribution in [3.05, 3.63) is 81.5 Å². The molecule has 0 aliphatic heterocycles. The quantitative estimate of drug-likeness (QED) is 0.285. The molecule has 0 atom stereocenters. The third-order valence-corrected chi connectivity index (χ3v) is 4.91. The number of nitrogens with zero attached hydrogens (tertiary/aromatic N) is 3. The first-order valence-electron chi connectivity index (χ1n) is 9.71. The number of rotatable bonds is 8. The van der Waals surface area contributed by atoms with Gasteiger partial charge in [0.05, 0.1) is 34.5 Å². The van der Waals surface area contributed by atoms with Crippen molar-refractivity contribution in [2.24, 2.45) is 5.10 Å². The molecule has 0 spiro atoms. The minimum absolute atomic E-state index is 0.166. The van der Waals surface area contributed by atoms with Crippen LogP contribution in [0.4, 0.5) is 19.0 Å². The number of hydrazone groups is 1. The number of nitrogens with one attached hydrogen (secondary N) is 1. The first kappa shape index (κ1) is 24.1. The molecule has 3 rings (SSSR count). The van der Waals surface area contributed by atoms with Gasteiger partial charge in [-0.15, -0.1) is 0 Å². The number of hydrogen-bond donors (Lipinski definition) is 1. The van der Waals surface area contributed by atoms with Crippen LogP contribution in [0.25, 0.3) is 0 Å². The predicted molar refractivity (Wildman–Crippen MR) is 121 cm³/mol. The van der Waals surface area contributed by atoms with E-state index in [4.69, 9.17) is 9.47 Å². The van der Waals surface area contributed by atoms with E-state index >= 15 is 0 Å². The Bertz CT molecular complexity index is 1180. The summed E-state index contributed by atoms with van der Waals surface area (Å²) in [7, 11) is 0. The van der Waals surface area contributed by atoms with Crippen molar-refractivity contribution in [3.8, 4) is 17.6 Å². The first-order chi connectivity index (χ1) is 15.8. The first-order valence-corrected chi connectivity index (χ1v) is 10.5. The van der Waals surface area contributed by atoms with Gasteiger partial charge in [-0.1, -0.05) is 18.2 Å². The fourth-order valence-corrected chi connectivity index (χ4v) is 3.35. The minimum atomic E-state index is -4.45. The molecule has 0 radical (unpaired) electrons. The Morgan fingerprint density at radius 3 is 2.64 bits per heavy atom. The van der Waals surface area contributed by atoms with E-state index in [1.807, 2.05) is 19.1 Å². The van der Waals surface area contributed by atoms with E-state index in [0.717, 1.165) is 17.8 Å². The van der Waals surface area contributed by atoms with Crippen molar-refractivity contribution in [2.45, 2.75) is 19.7 Å². The van der Waals surface area contributed by atoms with Crippen LogP contribution < -0.4 is 14.9 Å². The molecule has 2 aromatic carbocycles. The van der Waals surface area contributed by atoms with E-state index in [1.54, 1.807) is 24.3 Å². The van der Waals surface area contributed by atoms with E-state index in [0.29, 0.717) is 33.7 Å². The standard InChI is InChI=1S/C23H18BrF3N4O2/c1-2-32-20-10-15(12-30-31-21-8-7-18(13-29-21)23(25,26)27)9-19(24)22(20)33-14-17-6-4-3-5-16(17)11-28/h3-10,12-13H,2,14H2,1H3,(H,29,31)/b30-12-. The Hall–Kier alpha value is -3.58. The minimum Gasteiger partial charge on any atom is -0.490 e. The zero-order valence-electron chi connectivity index (χ0n) is 17.4. The summed E-state index contributed by atoms with van der Waals surface area (Å²) in [6.07, 6.45) is -2.24. The summed E-state index contributed by atoms with van der Waals surface area (Å²) < 4.78 is 50.1. The van der Waals surface area contributed by atoms with Crippen LogP contribution in [0.3, 0.4) is 0 Å². The number of benzene rings is 2. The average Bonchev–Trinajstić information content (AvgIpc) is 2.79. The second-order valence-electron chi connectivity index (χ2n) is 6.62. The molecule has 3 aromatic rings. The number of nitriles is 1. The number of pyridine rings is 1. The Morgan fingerprint density at radius 2 is 1.97 bits per heavy atom. The molecule has 1 aromatic heterocycles. The summed E-state index contributed by atoms with van der Waals surface area (Å²) >= 11 is 3.47. The van der Waals surface area contributed by atoms with Gasteiger partial charge in [-0.25, -0.2) is 4.98 Å². The van der Waals surface area contributed by atoms with Gasteiger partial charge in [0.1, 0.15) is 12.4 Å². The second-order valence-corrected chi connectivity index (χ2v) is 7.47. The fourth-order valence-electron chi connectivity index (χ4n) is 2.77. The zero-order valence-corrected chi connectivity index (χ0v) is 18.9. The lowest BCUT2D eigenvalue weighted by Gasteiger charge is -2.15. The summed E-state index contributed by atoms with van der Waals surface area (Å²) in [6.45, 7) is 2.41. The molecular weight excluding hydrogens is 501 g/mol. The third kappa shape index (κ3) is 6.46. The summed E-state index contributed by atoms with van der Waals surface area (Å²) in [5.41, 5.74) is 3.67. The number of anilines is 1. The van der Waals surface area contributed by atoms with Crippen LogP contribution in [0.2, 0.25) is 0 Å². The van der Waals surface area contributed by atoms with Gasteiger partial charge in [0.15, 0.2) is 11.5 Å². The number of ether oxygens (including phenoxy) is 2. The highest BCUT2D eigenvalue weighted by molar-refractivity contribution is 9.10. The highest BCUT2D eigenvalue weighted by Crippen LogP contribution is 2.37. The van der Waals surface area contributed by atoms with Crippen LogP contribution in [0.15, 0.2) is 64.3 Å². The maximum absolute atomic E-state index is 12.6. The molecule has 0 aliphatic carbocycles. The van der Waals surface area contributed by atoms with Gasteiger partial charge in [-0.05, 0) is 58.7 Å². The molecule has 33 heavy (non-hydrogen) atoms. The monoisotopic (exact) mass is 518 g/mol. The van der Waals surface area contributed by atoms with Crippen molar-refractivity contribution >= 4 is 28.0 Å². The normalized spacial score (nSPS) is 11.3. The lowest BCUT2D eigenvalue weighted by Crippen LogP contribution is -2.05. The topological polar surface area (TPSA) is 79.5 Å². The fraction of sp³-hybridized carbons (Fsp3) is 0.174. The third-order valence-electron chi connectivity index (χ3n) is 4.33. The van der Waals surface area contributed by atoms with Crippen molar-refractivity contribution in [3.63, 3.8) is 0 Å². The second kappa shape index (κ2) is 10.8. The molecule has 0 fully saturated rings. The van der Waals surface area contributed by atoms with E-state index in [-0.39, 0.29) is 12.4 Å². The van der Waals surface area contributed by atoms with Gasteiger partial charge in [-0.3, -0.25) is 5.43 Å². The van der Waals surface area contributed by atoms with E-state index < -0.39 is 11.7 Å². The zero-order chi connectivity index (χ0) is 23.8. The molecule has 0 aliphatic rings. The highest BCUT2D eigenvalue weighted by Gasteiger charge is 2.30. The largest absolute Gasteiger partial charge is 0.490 e. The SMILES string of the molecule is CCOc1cc(/C=N\Nc2ccc(C(F)(F)F)cn2)cc(Br)c1OCc1ccccc1C#N. The Labute approximate surface area is 196 Å². The maximum Gasteiger partial charge on any atom is 0.417 e. The highest BCUT2D eigenvalue weighted by atomic mass is 79.9. The molecule has 0 saturated carbocycles. The van der Waals surface area contributed by atoms with Gasteiger partial charge < -0.3 is 9.47 Å². The molecule has 0 bridgehead atoms. The number of hydrogen-bond acceptors (Lipinski definition) is 6. The van der Waals surface area contributed by atoms with Crippen molar-refractivity contribution in [1.29, 1.82) is 5.26 Å². The Balaban J connectivity index is 1.74. The molecule has 1 N–H and O–H groups in total. The predicted octanol–water partition coefficient (Wildman–Crippen LogP) is 6.16. The van der Waals surface area contributed by atoms with Crippen LogP contribution in [-0.4, -0.2) is 17.8 Å². The molecule has 0 amide bonds. The molecule has 0 unspecified atom stereocenters. The van der Waals surface area contributed by atoms with Crippen LogP contribution in [0, 0.1) is 11.3 Å². The van der Waals surface area contributed by atoms with Gasteiger partial charge >= 0.3 is 6.18 Å². The van der Waals surface area contributed by atoms with Gasteiger partial charge in [0.25, 0.3) is 0 Å². The Morgan fingerprint density at radius 1 is 1.18 bits per heavy atom. The average molecular weight is 519 g/mol. The Kier molecular flexibility index (Phi) is 7.90. The van der Waals surface area contributed by atoms with Crippen LogP contribution in [0.5, 0.6) is 11.5 Å². The smallest absolute Gasteiger partial charge is 0.417 e. The maximum atomic E-state index is 12.6. The molecule has 1 heterocycles. The van der Waals surface area contributed by atoms with Gasteiger partial charge in [-0.2, -0.15) is 23.5 Å². The molecule has 170 valence electrons. The lowest BCUT2D eigenvalue weighted by molar-refractivity contribution is -0.137. The summed E-state index contributed by atoms with van der Waals surface area (Å²) in [5.74, 6) is 1.11. The lowest BCUT2D eigenvalue weighted by atomic mass is 10.1. The van der Waals surface area contributed by atoms with Crippen LogP contribution in [0.1, 0.15) is 29.2 Å². The number of alkyl halides is 3. The van der Waals surface area contributed by atoms with Gasteiger partial charge in [0.2, 0.25) is 0 Å². The van der Waals surface area contributed by atoms with Crippen LogP contribution in [-0.2, 0) is 12.8 Å². The van der Waals surface area contributed by atoms with Gasteiger partial charge in [0, 0.05) is 11.8 Å². The molecule has 10 heteroatoms. The van der Waals surface area contributed by atoms with Crippen molar-refractivity contribution < 1.29 is 22.6 Å². The van der Waals surface area contributed by atoms with Crippen molar-refractivity contribution in [2.75, 3.05) is 12.0 Å². The van der Waals surface area contributed by atoms with Crippen molar-refractivity contribution in [1.82, 2.24) is 4.98 Å². The summed E-state index contributed by atoms with van der Waals surface area (Å²) in [6, 6.07) is 14.9. The van der Waals surface area contributed by atoms with Crippen LogP contribution >= 0.6 is 15.9 Å². The van der Waals surface area contributed by atoms with E-state index in [9.17, 15) is 18.4 Å². The number of aromatic nitrogens is 1. The van der Waals surface area contributed by atoms with E-state index in [2.05, 4.69) is 37.5 Å². The number of halogens is 4. The summed E-state index contributed by atoms with van der Waals surface area (Å²) in [5, 5.41) is 13.3. The molecular formula is C23H18BrF3N4O2. The molecule has 0 saturated heterocycles. The molecule has 6 nitrogen and oxygen atoms in total. The van der Waals surface area contributed by atoms with E-state index in [1.165, 1.54) is 12.3 Å². The summed E-state index contributed by atoms with van der Waals surface area (Å²) in [4.78, 5) is 3.70.